The summed E-state index contributed by atoms with van der Waals surface area (Å²) in [5.74, 6) is -0.601. The summed E-state index contributed by atoms with van der Waals surface area (Å²) in [6.07, 6.45) is 3.67. The van der Waals surface area contributed by atoms with Crippen molar-refractivity contribution in [3.63, 3.8) is 0 Å². The van der Waals surface area contributed by atoms with Gasteiger partial charge in [-0.25, -0.2) is 0 Å². The van der Waals surface area contributed by atoms with Crippen LogP contribution in [-0.4, -0.2) is 11.1 Å². The van der Waals surface area contributed by atoms with Gasteiger partial charge in [-0.2, -0.15) is 0 Å². The lowest BCUT2D eigenvalue weighted by molar-refractivity contribution is -0.154. The number of rotatable bonds is 2. The van der Waals surface area contributed by atoms with Crippen LogP contribution in [0.4, 0.5) is 0 Å². The van der Waals surface area contributed by atoms with Gasteiger partial charge in [-0.1, -0.05) is 41.0 Å². The van der Waals surface area contributed by atoms with Gasteiger partial charge in [0.05, 0.1) is 5.41 Å². The van der Waals surface area contributed by atoms with E-state index in [1.807, 2.05) is 34.6 Å². The van der Waals surface area contributed by atoms with E-state index in [9.17, 15) is 4.79 Å². The number of hydrogen-bond donors (Lipinski definition) is 1. The highest BCUT2D eigenvalue weighted by molar-refractivity contribution is 5.75. The summed E-state index contributed by atoms with van der Waals surface area (Å²) in [7, 11) is 0. The van der Waals surface area contributed by atoms with Gasteiger partial charge < -0.3 is 5.11 Å². The van der Waals surface area contributed by atoms with Crippen LogP contribution in [-0.2, 0) is 4.79 Å². The average Bonchev–Trinajstić information content (AvgIpc) is 2.10. The Bertz CT molecular complexity index is 121. The molecule has 13 heavy (non-hydrogen) atoms. The topological polar surface area (TPSA) is 37.3 Å². The van der Waals surface area contributed by atoms with E-state index in [1.165, 1.54) is 0 Å². The van der Waals surface area contributed by atoms with Crippen molar-refractivity contribution in [2.45, 2.75) is 60.3 Å². The fourth-order valence-corrected chi connectivity index (χ4v) is 1.32. The van der Waals surface area contributed by atoms with Crippen LogP contribution in [0, 0.1) is 5.41 Å². The first-order valence-corrected chi connectivity index (χ1v) is 5.45. The lowest BCUT2D eigenvalue weighted by atomic mass is 9.67. The molecule has 0 unspecified atom stereocenters. The molecule has 0 aromatic rings. The Kier molecular flexibility index (Phi) is 9.31. The highest BCUT2D eigenvalue weighted by Gasteiger charge is 2.42. The van der Waals surface area contributed by atoms with Gasteiger partial charge in [0, 0.05) is 0 Å². The Labute approximate surface area is 82.4 Å². The van der Waals surface area contributed by atoms with E-state index in [1.54, 1.807) is 0 Å². The lowest BCUT2D eigenvalue weighted by Gasteiger charge is -2.36. The Morgan fingerprint density at radius 2 is 1.62 bits per heavy atom. The first kappa shape index (κ1) is 15.0. The number of hydrogen-bond acceptors (Lipinski definition) is 1. The molecule has 1 aliphatic rings. The van der Waals surface area contributed by atoms with Gasteiger partial charge in [0.15, 0.2) is 0 Å². The molecule has 0 spiro atoms. The Hall–Kier alpha value is -0.530. The third kappa shape index (κ3) is 3.79. The van der Waals surface area contributed by atoms with Crippen LogP contribution in [0.3, 0.4) is 0 Å². The van der Waals surface area contributed by atoms with Crippen LogP contribution in [0.15, 0.2) is 0 Å². The quantitative estimate of drug-likeness (QED) is 0.717. The molecule has 0 aromatic heterocycles. The first-order chi connectivity index (χ1) is 6.21. The third-order valence-electron chi connectivity index (χ3n) is 2.44. The number of carbonyl (C=O) groups is 1. The molecule has 2 heteroatoms. The number of carboxylic acid groups (broad SMARTS) is 1. The van der Waals surface area contributed by atoms with Crippen molar-refractivity contribution >= 4 is 5.97 Å². The summed E-state index contributed by atoms with van der Waals surface area (Å²) >= 11 is 0. The van der Waals surface area contributed by atoms with Crippen molar-refractivity contribution in [1.29, 1.82) is 0 Å². The van der Waals surface area contributed by atoms with Gasteiger partial charge in [0.2, 0.25) is 0 Å². The van der Waals surface area contributed by atoms with E-state index in [0.717, 1.165) is 25.7 Å². The monoisotopic (exact) mass is 188 g/mol. The minimum atomic E-state index is -0.601. The second-order valence-corrected chi connectivity index (χ2v) is 2.79. The van der Waals surface area contributed by atoms with Gasteiger partial charge in [-0.15, -0.1) is 0 Å². The van der Waals surface area contributed by atoms with Crippen molar-refractivity contribution in [2.24, 2.45) is 5.41 Å². The fourth-order valence-electron chi connectivity index (χ4n) is 1.32. The van der Waals surface area contributed by atoms with Crippen LogP contribution in [0.2, 0.25) is 0 Å². The summed E-state index contributed by atoms with van der Waals surface area (Å²) in [4.78, 5) is 10.5. The highest BCUT2D eigenvalue weighted by atomic mass is 16.4. The molecule has 0 aliphatic heterocycles. The van der Waals surface area contributed by atoms with E-state index in [4.69, 9.17) is 5.11 Å². The zero-order valence-corrected chi connectivity index (χ0v) is 9.68. The van der Waals surface area contributed by atoms with Crippen molar-refractivity contribution in [2.75, 3.05) is 0 Å². The summed E-state index contributed by atoms with van der Waals surface area (Å²) in [6, 6.07) is 0. The molecule has 1 saturated carbocycles. The smallest absolute Gasteiger partial charge is 0.309 e. The summed E-state index contributed by atoms with van der Waals surface area (Å²) in [5.41, 5.74) is -0.319. The van der Waals surface area contributed by atoms with Crippen LogP contribution in [0.25, 0.3) is 0 Å². The van der Waals surface area contributed by atoms with Crippen LogP contribution in [0.1, 0.15) is 60.3 Å². The van der Waals surface area contributed by atoms with Crippen molar-refractivity contribution in [3.05, 3.63) is 0 Å². The first-order valence-electron chi connectivity index (χ1n) is 5.45. The van der Waals surface area contributed by atoms with Gasteiger partial charge >= 0.3 is 5.97 Å². The Balaban J connectivity index is 0. The lowest BCUT2D eigenvalue weighted by Crippen LogP contribution is -2.36. The molecule has 2 nitrogen and oxygen atoms in total. The molecule has 0 radical (unpaired) electrons. The zero-order valence-electron chi connectivity index (χ0n) is 9.68. The fraction of sp³-hybridized carbons (Fsp3) is 0.909. The van der Waals surface area contributed by atoms with E-state index < -0.39 is 5.97 Å². The molecule has 1 N–H and O–H groups in total. The van der Waals surface area contributed by atoms with Gasteiger partial charge in [-0.3, -0.25) is 4.79 Å². The van der Waals surface area contributed by atoms with Crippen LogP contribution < -0.4 is 0 Å². The zero-order chi connectivity index (χ0) is 10.9. The van der Waals surface area contributed by atoms with Gasteiger partial charge in [0.1, 0.15) is 0 Å². The molecular formula is C11H24O2. The second-order valence-electron chi connectivity index (χ2n) is 2.79. The maximum atomic E-state index is 10.5. The average molecular weight is 188 g/mol. The maximum Gasteiger partial charge on any atom is 0.309 e. The minimum Gasteiger partial charge on any atom is -0.481 e. The number of aliphatic carboxylic acids is 1. The second kappa shape index (κ2) is 8.09. The molecule has 0 amide bonds. The van der Waals surface area contributed by atoms with E-state index in [0.29, 0.717) is 0 Å². The summed E-state index contributed by atoms with van der Waals surface area (Å²) < 4.78 is 0. The molecular weight excluding hydrogens is 164 g/mol. The minimum absolute atomic E-state index is 0.319. The maximum absolute atomic E-state index is 10.5. The van der Waals surface area contributed by atoms with Crippen molar-refractivity contribution in [1.82, 2.24) is 0 Å². The molecule has 1 aliphatic carbocycles. The van der Waals surface area contributed by atoms with Crippen LogP contribution in [0.5, 0.6) is 0 Å². The predicted molar refractivity (Wildman–Crippen MR) is 56.9 cm³/mol. The van der Waals surface area contributed by atoms with E-state index >= 15 is 0 Å². The summed E-state index contributed by atoms with van der Waals surface area (Å²) in [5, 5.41) is 8.68. The predicted octanol–water partition coefficient (Wildman–Crippen LogP) is 3.70. The molecule has 1 fully saturated rings. The van der Waals surface area contributed by atoms with Gasteiger partial charge in [0.25, 0.3) is 0 Å². The largest absolute Gasteiger partial charge is 0.481 e. The van der Waals surface area contributed by atoms with Crippen LogP contribution >= 0.6 is 0 Å². The number of carboxylic acids is 1. The Morgan fingerprint density at radius 1 is 1.23 bits per heavy atom. The van der Waals surface area contributed by atoms with Crippen molar-refractivity contribution < 1.29 is 9.90 Å². The van der Waals surface area contributed by atoms with E-state index in [2.05, 4.69) is 0 Å². The molecule has 0 saturated heterocycles. The molecule has 0 atom stereocenters. The molecule has 80 valence electrons. The molecule has 0 bridgehead atoms. The highest BCUT2D eigenvalue weighted by Crippen LogP contribution is 2.43. The molecule has 0 aromatic carbocycles. The third-order valence-corrected chi connectivity index (χ3v) is 2.44. The normalized spacial score (nSPS) is 16.7. The Morgan fingerprint density at radius 3 is 1.62 bits per heavy atom. The molecule has 0 heterocycles. The van der Waals surface area contributed by atoms with Crippen molar-refractivity contribution in [3.8, 4) is 0 Å². The van der Waals surface area contributed by atoms with E-state index in [-0.39, 0.29) is 5.41 Å². The summed E-state index contributed by atoms with van der Waals surface area (Å²) in [6.45, 7) is 9.95. The SMILES string of the molecule is CC.CC.CCC1(C(=O)O)CCC1. The standard InChI is InChI=1S/C7H12O2.2C2H6/c1-2-7(6(8)9)4-3-5-7;2*1-2/h2-5H2,1H3,(H,8,9);2*1-2H3. The van der Waals surface area contributed by atoms with Gasteiger partial charge in [-0.05, 0) is 19.3 Å². The molecule has 1 rings (SSSR count).